The average molecular weight is 492 g/mol. The molecule has 0 spiro atoms. The normalized spacial score (nSPS) is 11.7. The van der Waals surface area contributed by atoms with Gasteiger partial charge in [0.25, 0.3) is 11.5 Å². The van der Waals surface area contributed by atoms with Gasteiger partial charge in [-0.3, -0.25) is 9.59 Å². The number of nitrogens with one attached hydrogen (secondary N) is 2. The average Bonchev–Trinajstić information content (AvgIpc) is 3.28. The summed E-state index contributed by atoms with van der Waals surface area (Å²) in [6.45, 7) is 7.92. The second kappa shape index (κ2) is 9.19. The molecule has 0 aliphatic carbocycles. The van der Waals surface area contributed by atoms with E-state index in [1.54, 1.807) is 38.4 Å². The van der Waals surface area contributed by atoms with Gasteiger partial charge in [-0.05, 0) is 66.8 Å². The number of pyridine rings is 1. The van der Waals surface area contributed by atoms with E-state index < -0.39 is 9.84 Å². The summed E-state index contributed by atoms with van der Waals surface area (Å²) < 4.78 is 27.1. The molecule has 0 unspecified atom stereocenters. The maximum Gasteiger partial charge on any atom is 0.274 e. The standard InChI is InChI=1S/C27H29N3O4S/c1-6-28-26(31)23-14-21-22(15-30(5)27(32)25(21)29-23)20-13-18(35(33,34)7-2)11-12-19(20)24-16(3)9-8-10-17(24)4/h8-15,29H,6-7H2,1-5H3,(H,28,31). The van der Waals surface area contributed by atoms with Crippen LogP contribution in [0.25, 0.3) is 33.2 Å². The first-order valence-electron chi connectivity index (χ1n) is 11.5. The lowest BCUT2D eigenvalue weighted by atomic mass is 9.89. The summed E-state index contributed by atoms with van der Waals surface area (Å²) >= 11 is 0. The number of H-pyrrole nitrogens is 1. The minimum Gasteiger partial charge on any atom is -0.351 e. The van der Waals surface area contributed by atoms with Crippen molar-refractivity contribution in [1.29, 1.82) is 0 Å². The molecule has 4 rings (SSSR count). The van der Waals surface area contributed by atoms with Crippen LogP contribution in [0.2, 0.25) is 0 Å². The van der Waals surface area contributed by atoms with Crippen LogP contribution in [-0.2, 0) is 16.9 Å². The van der Waals surface area contributed by atoms with E-state index in [1.807, 2.05) is 45.0 Å². The van der Waals surface area contributed by atoms with Gasteiger partial charge in [-0.1, -0.05) is 31.2 Å². The lowest BCUT2D eigenvalue weighted by Gasteiger charge is -2.17. The molecule has 0 radical (unpaired) electrons. The zero-order valence-electron chi connectivity index (χ0n) is 20.5. The molecule has 2 N–H and O–H groups in total. The maximum absolute atomic E-state index is 12.9. The molecule has 2 aromatic heterocycles. The molecule has 0 fully saturated rings. The lowest BCUT2D eigenvalue weighted by molar-refractivity contribution is 0.0951. The van der Waals surface area contributed by atoms with Gasteiger partial charge in [0.15, 0.2) is 9.84 Å². The fourth-order valence-corrected chi connectivity index (χ4v) is 5.40. The van der Waals surface area contributed by atoms with Gasteiger partial charge in [0.2, 0.25) is 0 Å². The number of aromatic amines is 1. The number of benzene rings is 2. The number of hydrogen-bond donors (Lipinski definition) is 2. The number of fused-ring (bicyclic) bond motifs is 1. The molecule has 35 heavy (non-hydrogen) atoms. The largest absolute Gasteiger partial charge is 0.351 e. The molecular formula is C27H29N3O4S. The maximum atomic E-state index is 12.9. The molecule has 4 aromatic rings. The molecule has 0 aliphatic heterocycles. The van der Waals surface area contributed by atoms with Gasteiger partial charge in [0.05, 0.1) is 10.6 Å². The third kappa shape index (κ3) is 4.30. The van der Waals surface area contributed by atoms with Gasteiger partial charge in [-0.2, -0.15) is 0 Å². The van der Waals surface area contributed by atoms with E-state index in [2.05, 4.69) is 10.3 Å². The molecule has 0 bridgehead atoms. The van der Waals surface area contributed by atoms with Crippen LogP contribution in [0.4, 0.5) is 0 Å². The van der Waals surface area contributed by atoms with Crippen molar-refractivity contribution in [3.8, 4) is 22.3 Å². The van der Waals surface area contributed by atoms with Crippen molar-refractivity contribution < 1.29 is 13.2 Å². The van der Waals surface area contributed by atoms with Gasteiger partial charge in [-0.25, -0.2) is 8.42 Å². The van der Waals surface area contributed by atoms with E-state index in [0.717, 1.165) is 22.3 Å². The van der Waals surface area contributed by atoms with Crippen LogP contribution >= 0.6 is 0 Å². The number of aromatic nitrogens is 2. The van der Waals surface area contributed by atoms with E-state index in [-0.39, 0.29) is 27.8 Å². The highest BCUT2D eigenvalue weighted by Gasteiger charge is 2.22. The molecule has 2 heterocycles. The Morgan fingerprint density at radius 3 is 2.31 bits per heavy atom. The number of rotatable bonds is 6. The van der Waals surface area contributed by atoms with Crippen molar-refractivity contribution in [2.75, 3.05) is 12.3 Å². The van der Waals surface area contributed by atoms with Crippen molar-refractivity contribution in [2.24, 2.45) is 7.05 Å². The SMILES string of the molecule is CCNC(=O)c1cc2c(-c3cc(S(=O)(=O)CC)ccc3-c3c(C)cccc3C)cn(C)c(=O)c2[nH]1. The Hall–Kier alpha value is -3.65. The third-order valence-electron chi connectivity index (χ3n) is 6.32. The van der Waals surface area contributed by atoms with Gasteiger partial charge in [-0.15, -0.1) is 0 Å². The Balaban J connectivity index is 2.13. The van der Waals surface area contributed by atoms with Crippen LogP contribution in [-0.4, -0.2) is 36.2 Å². The second-order valence-electron chi connectivity index (χ2n) is 8.67. The number of aryl methyl sites for hydroxylation is 3. The Morgan fingerprint density at radius 1 is 1.00 bits per heavy atom. The number of amides is 1. The van der Waals surface area contributed by atoms with E-state index in [1.165, 1.54) is 4.57 Å². The summed E-state index contributed by atoms with van der Waals surface area (Å²) in [5.41, 5.74) is 5.61. The molecule has 1 amide bonds. The Labute approximate surface area is 204 Å². The highest BCUT2D eigenvalue weighted by atomic mass is 32.2. The molecule has 0 saturated carbocycles. The van der Waals surface area contributed by atoms with Crippen molar-refractivity contribution in [3.63, 3.8) is 0 Å². The second-order valence-corrected chi connectivity index (χ2v) is 10.9. The number of nitrogens with zero attached hydrogens (tertiary/aromatic N) is 1. The number of carbonyl (C=O) groups excluding carboxylic acids is 1. The van der Waals surface area contributed by atoms with Gasteiger partial charge in [0.1, 0.15) is 11.2 Å². The quantitative estimate of drug-likeness (QED) is 0.418. The lowest BCUT2D eigenvalue weighted by Crippen LogP contribution is -2.23. The predicted molar refractivity (Wildman–Crippen MR) is 140 cm³/mol. The molecule has 8 heteroatoms. The van der Waals surface area contributed by atoms with E-state index in [0.29, 0.717) is 28.6 Å². The van der Waals surface area contributed by atoms with E-state index in [9.17, 15) is 18.0 Å². The monoisotopic (exact) mass is 491 g/mol. The molecule has 0 aliphatic rings. The summed E-state index contributed by atoms with van der Waals surface area (Å²) in [6, 6.07) is 12.8. The highest BCUT2D eigenvalue weighted by Crippen LogP contribution is 2.39. The summed E-state index contributed by atoms with van der Waals surface area (Å²) in [6.07, 6.45) is 1.70. The Kier molecular flexibility index (Phi) is 6.42. The first kappa shape index (κ1) is 24.5. The number of carbonyl (C=O) groups is 1. The van der Waals surface area contributed by atoms with E-state index >= 15 is 0 Å². The number of sulfone groups is 1. The highest BCUT2D eigenvalue weighted by molar-refractivity contribution is 7.91. The van der Waals surface area contributed by atoms with Crippen LogP contribution in [0, 0.1) is 13.8 Å². The molecule has 182 valence electrons. The number of hydrogen-bond acceptors (Lipinski definition) is 4. The smallest absolute Gasteiger partial charge is 0.274 e. The summed E-state index contributed by atoms with van der Waals surface area (Å²) in [5.74, 6) is -0.336. The van der Waals surface area contributed by atoms with Crippen LogP contribution in [0.1, 0.15) is 35.5 Å². The minimum atomic E-state index is -3.48. The first-order valence-corrected chi connectivity index (χ1v) is 13.2. The summed E-state index contributed by atoms with van der Waals surface area (Å²) in [4.78, 5) is 28.7. The topological polar surface area (TPSA) is 101 Å². The summed E-state index contributed by atoms with van der Waals surface area (Å²) in [7, 11) is -1.83. The molecule has 7 nitrogen and oxygen atoms in total. The first-order chi connectivity index (χ1) is 16.6. The molecule has 2 aromatic carbocycles. The van der Waals surface area contributed by atoms with Crippen molar-refractivity contribution in [3.05, 3.63) is 75.8 Å². The van der Waals surface area contributed by atoms with Crippen LogP contribution < -0.4 is 10.9 Å². The van der Waals surface area contributed by atoms with Crippen molar-refractivity contribution in [2.45, 2.75) is 32.6 Å². The van der Waals surface area contributed by atoms with Gasteiger partial charge in [0, 0.05) is 30.7 Å². The van der Waals surface area contributed by atoms with Crippen LogP contribution in [0.3, 0.4) is 0 Å². The van der Waals surface area contributed by atoms with Gasteiger partial charge >= 0.3 is 0 Å². The Bertz CT molecular complexity index is 1610. The zero-order chi connectivity index (χ0) is 25.5. The molecular weight excluding hydrogens is 462 g/mol. The van der Waals surface area contributed by atoms with Crippen LogP contribution in [0.5, 0.6) is 0 Å². The zero-order valence-corrected chi connectivity index (χ0v) is 21.3. The fraction of sp³-hybridized carbons (Fsp3) is 0.259. The molecule has 0 atom stereocenters. The minimum absolute atomic E-state index is 0.0244. The van der Waals surface area contributed by atoms with Crippen molar-refractivity contribution >= 4 is 26.6 Å². The van der Waals surface area contributed by atoms with Gasteiger partial charge < -0.3 is 14.9 Å². The third-order valence-corrected chi connectivity index (χ3v) is 8.05. The van der Waals surface area contributed by atoms with E-state index in [4.69, 9.17) is 0 Å². The molecule has 0 saturated heterocycles. The van der Waals surface area contributed by atoms with Crippen molar-refractivity contribution in [1.82, 2.24) is 14.9 Å². The summed E-state index contributed by atoms with van der Waals surface area (Å²) in [5, 5.41) is 3.31. The van der Waals surface area contributed by atoms with Crippen LogP contribution in [0.15, 0.2) is 58.4 Å². The Morgan fingerprint density at radius 2 is 1.69 bits per heavy atom. The predicted octanol–water partition coefficient (Wildman–Crippen LogP) is 4.36. The fourth-order valence-electron chi connectivity index (χ4n) is 4.49.